The molecule has 0 bridgehead atoms. The van der Waals surface area contributed by atoms with Gasteiger partial charge in [0.2, 0.25) is 5.91 Å². The predicted octanol–water partition coefficient (Wildman–Crippen LogP) is 3.19. The van der Waals surface area contributed by atoms with E-state index in [1.165, 1.54) is 0 Å². The molecule has 0 fully saturated rings. The van der Waals surface area contributed by atoms with Crippen LogP contribution in [0.25, 0.3) is 0 Å². The monoisotopic (exact) mass is 315 g/mol. The molecule has 0 aliphatic heterocycles. The summed E-state index contributed by atoms with van der Waals surface area (Å²) in [4.78, 5) is 15.4. The van der Waals surface area contributed by atoms with Crippen molar-refractivity contribution in [3.05, 3.63) is 66.2 Å². The van der Waals surface area contributed by atoms with Crippen LogP contribution in [0.1, 0.15) is 12.5 Å². The number of carbonyl (C=O) groups is 1. The van der Waals surface area contributed by atoms with Gasteiger partial charge < -0.3 is 10.0 Å². The van der Waals surface area contributed by atoms with Crippen molar-refractivity contribution >= 4 is 17.7 Å². The Morgan fingerprint density at radius 3 is 2.27 bits per heavy atom. The van der Waals surface area contributed by atoms with E-state index >= 15 is 0 Å². The minimum absolute atomic E-state index is 0.0265. The number of hydrogen-bond donors (Lipinski definition) is 1. The first-order valence-electron chi connectivity index (χ1n) is 7.36. The van der Waals surface area contributed by atoms with E-state index in [1.54, 1.807) is 16.7 Å². The van der Waals surface area contributed by atoms with E-state index in [0.29, 0.717) is 13.1 Å². The Bertz CT molecular complexity index is 574. The van der Waals surface area contributed by atoms with Crippen LogP contribution >= 0.6 is 11.8 Å². The summed E-state index contributed by atoms with van der Waals surface area (Å²) in [5.74, 6) is 0.0479. The quantitative estimate of drug-likeness (QED) is 0.798. The average Bonchev–Trinajstić information content (AvgIpc) is 2.55. The normalized spacial score (nSPS) is 11.9. The number of rotatable bonds is 7. The lowest BCUT2D eigenvalue weighted by Crippen LogP contribution is -2.38. The van der Waals surface area contributed by atoms with Gasteiger partial charge in [0.25, 0.3) is 0 Å². The number of hydrogen-bond acceptors (Lipinski definition) is 3. The number of benzene rings is 2. The highest BCUT2D eigenvalue weighted by molar-refractivity contribution is 8.00. The molecule has 1 N–H and O–H groups in total. The van der Waals surface area contributed by atoms with Gasteiger partial charge in [-0.3, -0.25) is 4.79 Å². The minimum Gasteiger partial charge on any atom is -0.395 e. The van der Waals surface area contributed by atoms with Crippen molar-refractivity contribution in [3.63, 3.8) is 0 Å². The highest BCUT2D eigenvalue weighted by Gasteiger charge is 2.21. The molecule has 0 saturated carbocycles. The van der Waals surface area contributed by atoms with Gasteiger partial charge in [-0.2, -0.15) is 0 Å². The van der Waals surface area contributed by atoms with Crippen LogP contribution in [0.15, 0.2) is 65.6 Å². The number of nitrogens with zero attached hydrogens (tertiary/aromatic N) is 1. The van der Waals surface area contributed by atoms with Crippen LogP contribution in [0.3, 0.4) is 0 Å². The Balaban J connectivity index is 2.02. The lowest BCUT2D eigenvalue weighted by molar-refractivity contribution is -0.131. The number of amides is 1. The molecule has 0 heterocycles. The Morgan fingerprint density at radius 2 is 1.68 bits per heavy atom. The summed E-state index contributed by atoms with van der Waals surface area (Å²) in [5.41, 5.74) is 1.07. The van der Waals surface area contributed by atoms with Crippen LogP contribution in [-0.4, -0.2) is 34.3 Å². The van der Waals surface area contributed by atoms with Gasteiger partial charge in [0.05, 0.1) is 11.9 Å². The number of carbonyl (C=O) groups excluding carboxylic acids is 1. The molecule has 4 heteroatoms. The zero-order valence-electron chi connectivity index (χ0n) is 12.7. The largest absolute Gasteiger partial charge is 0.395 e. The van der Waals surface area contributed by atoms with Crippen molar-refractivity contribution in [1.29, 1.82) is 0 Å². The fourth-order valence-corrected chi connectivity index (χ4v) is 3.17. The van der Waals surface area contributed by atoms with E-state index in [1.807, 2.05) is 67.6 Å². The zero-order valence-corrected chi connectivity index (χ0v) is 13.5. The maximum absolute atomic E-state index is 12.6. The van der Waals surface area contributed by atoms with Crippen molar-refractivity contribution in [2.24, 2.45) is 0 Å². The Labute approximate surface area is 136 Å². The number of aliphatic hydroxyl groups excluding tert-OH is 1. The second kappa shape index (κ2) is 8.61. The molecule has 0 aliphatic carbocycles. The summed E-state index contributed by atoms with van der Waals surface area (Å²) in [5, 5.41) is 9.05. The van der Waals surface area contributed by atoms with Crippen LogP contribution < -0.4 is 0 Å². The average molecular weight is 315 g/mol. The van der Waals surface area contributed by atoms with Gasteiger partial charge in [0.1, 0.15) is 0 Å². The van der Waals surface area contributed by atoms with Crippen LogP contribution in [0.5, 0.6) is 0 Å². The van der Waals surface area contributed by atoms with Gasteiger partial charge in [-0.1, -0.05) is 48.5 Å². The van der Waals surface area contributed by atoms with Crippen LogP contribution in [0, 0.1) is 0 Å². The number of thioether (sulfide) groups is 1. The minimum atomic E-state index is -0.183. The van der Waals surface area contributed by atoms with Crippen LogP contribution in [0.4, 0.5) is 0 Å². The van der Waals surface area contributed by atoms with Crippen LogP contribution in [-0.2, 0) is 11.3 Å². The molecular formula is C18H21NO2S. The molecule has 1 unspecified atom stereocenters. The molecular weight excluding hydrogens is 294 g/mol. The Hall–Kier alpha value is -1.78. The topological polar surface area (TPSA) is 40.5 Å². The lowest BCUT2D eigenvalue weighted by Gasteiger charge is -2.25. The molecule has 22 heavy (non-hydrogen) atoms. The molecule has 2 rings (SSSR count). The van der Waals surface area contributed by atoms with E-state index in [9.17, 15) is 9.90 Å². The van der Waals surface area contributed by atoms with Gasteiger partial charge in [0, 0.05) is 18.0 Å². The summed E-state index contributed by atoms with van der Waals surface area (Å²) in [6.07, 6.45) is 0. The molecule has 0 saturated heterocycles. The molecule has 1 amide bonds. The van der Waals surface area contributed by atoms with Crippen molar-refractivity contribution in [3.8, 4) is 0 Å². The second-order valence-electron chi connectivity index (χ2n) is 5.04. The highest BCUT2D eigenvalue weighted by atomic mass is 32.2. The first-order chi connectivity index (χ1) is 10.7. The van der Waals surface area contributed by atoms with E-state index in [4.69, 9.17) is 0 Å². The third kappa shape index (κ3) is 4.90. The predicted molar refractivity (Wildman–Crippen MR) is 90.7 cm³/mol. The third-order valence-electron chi connectivity index (χ3n) is 3.30. The van der Waals surface area contributed by atoms with Gasteiger partial charge in [-0.25, -0.2) is 0 Å². The third-order valence-corrected chi connectivity index (χ3v) is 4.40. The van der Waals surface area contributed by atoms with Crippen molar-refractivity contribution in [2.75, 3.05) is 13.2 Å². The lowest BCUT2D eigenvalue weighted by atomic mass is 10.2. The number of aliphatic hydroxyl groups is 1. The van der Waals surface area contributed by atoms with E-state index in [2.05, 4.69) is 0 Å². The zero-order chi connectivity index (χ0) is 15.8. The van der Waals surface area contributed by atoms with Gasteiger partial charge in [0.15, 0.2) is 0 Å². The molecule has 0 radical (unpaired) electrons. The SMILES string of the molecule is CC(Sc1ccccc1)C(=O)N(CCO)Cc1ccccc1. The first kappa shape index (κ1) is 16.6. The van der Waals surface area contributed by atoms with E-state index < -0.39 is 0 Å². The van der Waals surface area contributed by atoms with Gasteiger partial charge >= 0.3 is 0 Å². The van der Waals surface area contributed by atoms with Crippen molar-refractivity contribution < 1.29 is 9.90 Å². The molecule has 3 nitrogen and oxygen atoms in total. The highest BCUT2D eigenvalue weighted by Crippen LogP contribution is 2.24. The first-order valence-corrected chi connectivity index (χ1v) is 8.24. The fourth-order valence-electron chi connectivity index (χ4n) is 2.20. The van der Waals surface area contributed by atoms with Gasteiger partial charge in [-0.15, -0.1) is 11.8 Å². The molecule has 2 aromatic carbocycles. The summed E-state index contributed by atoms with van der Waals surface area (Å²) in [6.45, 7) is 2.77. The molecule has 0 aliphatic rings. The molecule has 116 valence electrons. The maximum Gasteiger partial charge on any atom is 0.236 e. The van der Waals surface area contributed by atoms with E-state index in [0.717, 1.165) is 10.5 Å². The summed E-state index contributed by atoms with van der Waals surface area (Å²) < 4.78 is 0. The smallest absolute Gasteiger partial charge is 0.236 e. The maximum atomic E-state index is 12.6. The van der Waals surface area contributed by atoms with Gasteiger partial charge in [-0.05, 0) is 24.6 Å². The van der Waals surface area contributed by atoms with E-state index in [-0.39, 0.29) is 17.8 Å². The second-order valence-corrected chi connectivity index (χ2v) is 6.46. The Morgan fingerprint density at radius 1 is 1.09 bits per heavy atom. The molecule has 2 aromatic rings. The summed E-state index contributed by atoms with van der Waals surface area (Å²) >= 11 is 1.54. The van der Waals surface area contributed by atoms with Crippen molar-refractivity contribution in [2.45, 2.75) is 23.6 Å². The molecule has 0 spiro atoms. The molecule has 0 aromatic heterocycles. The van der Waals surface area contributed by atoms with Crippen molar-refractivity contribution in [1.82, 2.24) is 4.90 Å². The standard InChI is InChI=1S/C18H21NO2S/c1-15(22-17-10-6-3-7-11-17)18(21)19(12-13-20)14-16-8-4-2-5-9-16/h2-11,15,20H,12-14H2,1H3. The van der Waals surface area contributed by atoms with Crippen LogP contribution in [0.2, 0.25) is 0 Å². The fraction of sp³-hybridized carbons (Fsp3) is 0.278. The Kier molecular flexibility index (Phi) is 6.49. The summed E-state index contributed by atoms with van der Waals surface area (Å²) in [7, 11) is 0. The summed E-state index contributed by atoms with van der Waals surface area (Å²) in [6, 6.07) is 19.8. The molecule has 1 atom stereocenters.